The summed E-state index contributed by atoms with van der Waals surface area (Å²) in [4.78, 5) is 9.16. The van der Waals surface area contributed by atoms with Crippen LogP contribution >= 0.6 is 0 Å². The van der Waals surface area contributed by atoms with Gasteiger partial charge in [-0.25, -0.2) is 0 Å². The summed E-state index contributed by atoms with van der Waals surface area (Å²) in [6.07, 6.45) is 14.6. The molecule has 3 atom stereocenters. The summed E-state index contributed by atoms with van der Waals surface area (Å²) in [6, 6.07) is 7.06. The van der Waals surface area contributed by atoms with Crippen LogP contribution in [0, 0.1) is 5.92 Å². The molecule has 2 aliphatic rings. The first-order valence-corrected chi connectivity index (χ1v) is 10.1. The van der Waals surface area contributed by atoms with Crippen molar-refractivity contribution in [2.24, 2.45) is 5.92 Å². The van der Waals surface area contributed by atoms with Crippen molar-refractivity contribution >= 4 is 0 Å². The third-order valence-corrected chi connectivity index (χ3v) is 6.19. The van der Waals surface area contributed by atoms with Gasteiger partial charge in [0.05, 0.1) is 23.8 Å². The maximum absolute atomic E-state index is 10.4. The molecule has 3 N–H and O–H groups in total. The topological polar surface area (TPSA) is 86.7 Å². The van der Waals surface area contributed by atoms with Gasteiger partial charge in [-0.05, 0) is 62.1 Å². The van der Waals surface area contributed by atoms with E-state index >= 15 is 0 Å². The molecule has 2 bridgehead atoms. The van der Waals surface area contributed by atoms with Crippen LogP contribution in [-0.4, -0.2) is 37.4 Å². The van der Waals surface area contributed by atoms with Gasteiger partial charge in [0.25, 0.3) is 0 Å². The molecule has 144 valence electrons. The predicted molar refractivity (Wildman–Crippen MR) is 108 cm³/mol. The van der Waals surface area contributed by atoms with Crippen LogP contribution < -0.4 is 5.32 Å². The molecule has 2 saturated heterocycles. The Bertz CT molecular complexity index is 926. The van der Waals surface area contributed by atoms with Gasteiger partial charge in [-0.3, -0.25) is 15.1 Å². The molecule has 0 saturated carbocycles. The van der Waals surface area contributed by atoms with E-state index in [9.17, 15) is 5.11 Å². The highest BCUT2D eigenvalue weighted by atomic mass is 16.3. The Morgan fingerprint density at radius 1 is 1.00 bits per heavy atom. The van der Waals surface area contributed by atoms with Crippen LogP contribution in [0.4, 0.5) is 0 Å². The molecule has 3 aromatic rings. The third-order valence-electron chi connectivity index (χ3n) is 6.19. The first-order valence-electron chi connectivity index (χ1n) is 10.1. The molecule has 1 unspecified atom stereocenters. The van der Waals surface area contributed by atoms with Gasteiger partial charge >= 0.3 is 0 Å². The molecule has 0 aliphatic carbocycles. The average molecular weight is 375 g/mol. The minimum absolute atomic E-state index is 0.200. The number of benzene rings is 1. The van der Waals surface area contributed by atoms with Crippen LogP contribution in [0.1, 0.15) is 37.8 Å². The van der Waals surface area contributed by atoms with E-state index in [0.29, 0.717) is 11.3 Å². The zero-order valence-electron chi connectivity index (χ0n) is 15.8. The van der Waals surface area contributed by atoms with Gasteiger partial charge in [0.2, 0.25) is 0 Å². The van der Waals surface area contributed by atoms with E-state index in [1.807, 2.05) is 18.3 Å². The molecule has 2 aromatic heterocycles. The zero-order valence-corrected chi connectivity index (χ0v) is 15.8. The first-order chi connectivity index (χ1) is 13.7. The molecule has 6 heteroatoms. The number of nitrogens with one attached hydrogen (secondary N) is 2. The summed E-state index contributed by atoms with van der Waals surface area (Å²) in [5.74, 6) is 1.01. The molecule has 0 spiro atoms. The highest BCUT2D eigenvalue weighted by Gasteiger charge is 2.32. The highest BCUT2D eigenvalue weighted by molar-refractivity contribution is 5.73. The van der Waals surface area contributed by atoms with Gasteiger partial charge in [0.1, 0.15) is 5.75 Å². The summed E-state index contributed by atoms with van der Waals surface area (Å²) in [5, 5.41) is 20.9. The second-order valence-electron chi connectivity index (χ2n) is 8.13. The monoisotopic (exact) mass is 375 g/mol. The molecule has 1 aromatic carbocycles. The van der Waals surface area contributed by atoms with E-state index in [0.717, 1.165) is 41.2 Å². The van der Waals surface area contributed by atoms with Crippen molar-refractivity contribution in [2.45, 2.75) is 50.6 Å². The Kier molecular flexibility index (Phi) is 4.56. The van der Waals surface area contributed by atoms with Crippen molar-refractivity contribution in [3.05, 3.63) is 48.7 Å². The minimum Gasteiger partial charge on any atom is -0.507 e. The molecular formula is C22H25N5O. The molecule has 0 amide bonds. The fourth-order valence-electron chi connectivity index (χ4n) is 4.72. The van der Waals surface area contributed by atoms with E-state index in [1.165, 1.54) is 32.1 Å². The lowest BCUT2D eigenvalue weighted by molar-refractivity contribution is 0.285. The van der Waals surface area contributed by atoms with Gasteiger partial charge < -0.3 is 10.4 Å². The summed E-state index contributed by atoms with van der Waals surface area (Å²) in [6.45, 7) is 0. The standard InChI is InChI=1S/C22H25N5O/c28-22-9-15(16-10-25-26-11-16)2-6-20(22)21-13-23-19(12-24-21)3-1-14-7-17-4-5-18(8-14)27-17/h2,6,9-14,17-18,27-28H,1,3-5,7-8H2,(H,25,26)/t14?,17-,18+. The van der Waals surface area contributed by atoms with Crippen LogP contribution in [0.5, 0.6) is 5.75 Å². The van der Waals surface area contributed by atoms with Gasteiger partial charge in [-0.1, -0.05) is 6.07 Å². The molecule has 0 radical (unpaired) electrons. The number of aromatic amines is 1. The van der Waals surface area contributed by atoms with Crippen molar-refractivity contribution in [3.8, 4) is 28.1 Å². The van der Waals surface area contributed by atoms with E-state index in [4.69, 9.17) is 0 Å². The van der Waals surface area contributed by atoms with Crippen molar-refractivity contribution in [1.82, 2.24) is 25.5 Å². The van der Waals surface area contributed by atoms with Crippen LogP contribution in [0.15, 0.2) is 43.0 Å². The maximum atomic E-state index is 10.4. The van der Waals surface area contributed by atoms with Crippen molar-refractivity contribution in [2.75, 3.05) is 0 Å². The first kappa shape index (κ1) is 17.4. The second-order valence-corrected chi connectivity index (χ2v) is 8.13. The largest absolute Gasteiger partial charge is 0.507 e. The van der Waals surface area contributed by atoms with Gasteiger partial charge in [0, 0.05) is 35.6 Å². The summed E-state index contributed by atoms with van der Waals surface area (Å²) in [7, 11) is 0. The quantitative estimate of drug-likeness (QED) is 0.633. The third kappa shape index (κ3) is 3.52. The van der Waals surface area contributed by atoms with E-state index < -0.39 is 0 Å². The zero-order chi connectivity index (χ0) is 18.9. The maximum Gasteiger partial charge on any atom is 0.125 e. The van der Waals surface area contributed by atoms with Crippen LogP contribution in [0.2, 0.25) is 0 Å². The van der Waals surface area contributed by atoms with Crippen LogP contribution in [0.25, 0.3) is 22.4 Å². The van der Waals surface area contributed by atoms with E-state index in [-0.39, 0.29) is 5.75 Å². The summed E-state index contributed by atoms with van der Waals surface area (Å²) in [5.41, 5.74) is 4.27. The predicted octanol–water partition coefficient (Wildman–Crippen LogP) is 3.70. The highest BCUT2D eigenvalue weighted by Crippen LogP contribution is 2.34. The van der Waals surface area contributed by atoms with Crippen LogP contribution in [0.3, 0.4) is 0 Å². The number of phenolic OH excluding ortho intramolecular Hbond substituents is 1. The molecule has 6 nitrogen and oxygen atoms in total. The lowest BCUT2D eigenvalue weighted by Crippen LogP contribution is -2.38. The number of H-pyrrole nitrogens is 1. The Morgan fingerprint density at radius 3 is 2.54 bits per heavy atom. The van der Waals surface area contributed by atoms with Crippen molar-refractivity contribution in [3.63, 3.8) is 0 Å². The van der Waals surface area contributed by atoms with E-state index in [1.54, 1.807) is 24.7 Å². The molecule has 5 rings (SSSR count). The number of aromatic hydroxyl groups is 1. The smallest absolute Gasteiger partial charge is 0.125 e. The molecule has 28 heavy (non-hydrogen) atoms. The lowest BCUT2D eigenvalue weighted by atomic mass is 9.88. The minimum atomic E-state index is 0.200. The number of aromatic nitrogens is 4. The molecule has 2 aliphatic heterocycles. The lowest BCUT2D eigenvalue weighted by Gasteiger charge is -2.28. The Morgan fingerprint density at radius 2 is 1.86 bits per heavy atom. The fourth-order valence-corrected chi connectivity index (χ4v) is 4.72. The average Bonchev–Trinajstić information content (AvgIpc) is 3.37. The summed E-state index contributed by atoms with van der Waals surface area (Å²) >= 11 is 0. The van der Waals surface area contributed by atoms with E-state index in [2.05, 4.69) is 25.5 Å². The number of aryl methyl sites for hydroxylation is 1. The Balaban J connectivity index is 1.25. The number of piperidine rings is 1. The Labute approximate surface area is 164 Å². The number of rotatable bonds is 5. The fraction of sp³-hybridized carbons (Fsp3) is 0.409. The molecule has 4 heterocycles. The van der Waals surface area contributed by atoms with Crippen molar-refractivity contribution < 1.29 is 5.11 Å². The number of phenols is 1. The summed E-state index contributed by atoms with van der Waals surface area (Å²) < 4.78 is 0. The number of fused-ring (bicyclic) bond motifs is 2. The normalized spacial score (nSPS) is 23.8. The SMILES string of the molecule is Oc1cc(-c2cn[nH]c2)ccc1-c1cnc(CCC2C[C@H]3CC[C@@H](C2)N3)cn1. The number of hydrogen-bond acceptors (Lipinski definition) is 5. The van der Waals surface area contributed by atoms with Gasteiger partial charge in [-0.2, -0.15) is 5.10 Å². The van der Waals surface area contributed by atoms with Gasteiger partial charge in [-0.15, -0.1) is 0 Å². The second kappa shape index (κ2) is 7.36. The number of hydrogen-bond donors (Lipinski definition) is 3. The number of nitrogens with zero attached hydrogens (tertiary/aromatic N) is 3. The van der Waals surface area contributed by atoms with Crippen molar-refractivity contribution in [1.29, 1.82) is 0 Å². The van der Waals surface area contributed by atoms with Crippen LogP contribution in [-0.2, 0) is 6.42 Å². The van der Waals surface area contributed by atoms with Gasteiger partial charge in [0.15, 0.2) is 0 Å². The Hall–Kier alpha value is -2.73. The molecule has 2 fully saturated rings. The molecular weight excluding hydrogens is 350 g/mol.